The van der Waals surface area contributed by atoms with Gasteiger partial charge in [-0.3, -0.25) is 4.79 Å². The Kier molecular flexibility index (Phi) is 7.49. The molecule has 1 aromatic carbocycles. The van der Waals surface area contributed by atoms with Gasteiger partial charge in [-0.2, -0.15) is 0 Å². The van der Waals surface area contributed by atoms with Gasteiger partial charge in [0.05, 0.1) is 0 Å². The van der Waals surface area contributed by atoms with Crippen LogP contribution in [0.1, 0.15) is 51.2 Å². The molecule has 2 rings (SSSR count). The molecule has 0 radical (unpaired) electrons. The zero-order chi connectivity index (χ0) is 19.1. The van der Waals surface area contributed by atoms with Crippen molar-refractivity contribution in [2.45, 2.75) is 59.5 Å². The summed E-state index contributed by atoms with van der Waals surface area (Å²) in [6.07, 6.45) is 2.79. The van der Waals surface area contributed by atoms with E-state index >= 15 is 0 Å². The first kappa shape index (κ1) is 20.3. The Bertz CT molecular complexity index is 615. The van der Waals surface area contributed by atoms with Crippen molar-refractivity contribution in [1.29, 1.82) is 0 Å². The summed E-state index contributed by atoms with van der Waals surface area (Å²) in [7, 11) is 0. The maximum atomic E-state index is 12.8. The first-order chi connectivity index (χ1) is 12.4. The highest BCUT2D eigenvalue weighted by Crippen LogP contribution is 2.15. The zero-order valence-corrected chi connectivity index (χ0v) is 16.6. The maximum absolute atomic E-state index is 12.8. The van der Waals surface area contributed by atoms with Gasteiger partial charge >= 0.3 is 6.03 Å². The minimum Gasteiger partial charge on any atom is -0.340 e. The van der Waals surface area contributed by atoms with Crippen LogP contribution in [0, 0.1) is 12.8 Å². The lowest BCUT2D eigenvalue weighted by Crippen LogP contribution is -2.53. The van der Waals surface area contributed by atoms with Gasteiger partial charge in [0, 0.05) is 38.1 Å². The van der Waals surface area contributed by atoms with Crippen LogP contribution in [0.25, 0.3) is 0 Å². The molecule has 3 amide bonds. The molecular weight excluding hydrogens is 326 g/mol. The molecule has 1 heterocycles. The fraction of sp³-hybridized carbons (Fsp3) is 0.619. The summed E-state index contributed by atoms with van der Waals surface area (Å²) >= 11 is 0. The molecule has 0 bridgehead atoms. The van der Waals surface area contributed by atoms with Gasteiger partial charge in [-0.1, -0.05) is 45.0 Å². The van der Waals surface area contributed by atoms with Crippen molar-refractivity contribution in [1.82, 2.24) is 15.1 Å². The Morgan fingerprint density at radius 2 is 2.04 bits per heavy atom. The fourth-order valence-electron chi connectivity index (χ4n) is 3.44. The van der Waals surface area contributed by atoms with Crippen LogP contribution in [0.5, 0.6) is 0 Å². The third-order valence-corrected chi connectivity index (χ3v) is 4.96. The second-order valence-electron chi connectivity index (χ2n) is 7.58. The number of nitrogens with zero attached hydrogens (tertiary/aromatic N) is 2. The van der Waals surface area contributed by atoms with Crippen molar-refractivity contribution in [2.24, 2.45) is 5.92 Å². The number of piperidine rings is 1. The van der Waals surface area contributed by atoms with Crippen LogP contribution in [-0.4, -0.2) is 47.4 Å². The number of rotatable bonds is 6. The van der Waals surface area contributed by atoms with Gasteiger partial charge in [0.25, 0.3) is 0 Å². The van der Waals surface area contributed by atoms with E-state index in [0.717, 1.165) is 32.4 Å². The van der Waals surface area contributed by atoms with E-state index in [4.69, 9.17) is 0 Å². The summed E-state index contributed by atoms with van der Waals surface area (Å²) in [4.78, 5) is 28.9. The Balaban J connectivity index is 1.98. The van der Waals surface area contributed by atoms with Crippen molar-refractivity contribution in [3.63, 3.8) is 0 Å². The zero-order valence-electron chi connectivity index (χ0n) is 16.6. The maximum Gasteiger partial charge on any atom is 0.317 e. The van der Waals surface area contributed by atoms with Crippen molar-refractivity contribution in [2.75, 3.05) is 19.6 Å². The van der Waals surface area contributed by atoms with Crippen LogP contribution >= 0.6 is 0 Å². The SMILES string of the molecule is CCCN(Cc1ccccc1C)C(=O)NC1CCCN(C(=O)C(C)C)C1. The smallest absolute Gasteiger partial charge is 0.317 e. The molecule has 1 fully saturated rings. The van der Waals surface area contributed by atoms with Crippen molar-refractivity contribution >= 4 is 11.9 Å². The van der Waals surface area contributed by atoms with E-state index in [1.165, 1.54) is 11.1 Å². The van der Waals surface area contributed by atoms with Gasteiger partial charge in [0.1, 0.15) is 0 Å². The molecule has 26 heavy (non-hydrogen) atoms. The quantitative estimate of drug-likeness (QED) is 0.844. The van der Waals surface area contributed by atoms with Crippen LogP contribution in [-0.2, 0) is 11.3 Å². The van der Waals surface area contributed by atoms with Crippen LogP contribution in [0.15, 0.2) is 24.3 Å². The van der Waals surface area contributed by atoms with Gasteiger partial charge < -0.3 is 15.1 Å². The number of likely N-dealkylation sites (tertiary alicyclic amines) is 1. The summed E-state index contributed by atoms with van der Waals surface area (Å²) < 4.78 is 0. The van der Waals surface area contributed by atoms with Crippen LogP contribution in [0.2, 0.25) is 0 Å². The average molecular weight is 360 g/mol. The summed E-state index contributed by atoms with van der Waals surface area (Å²) in [5.74, 6) is 0.177. The van der Waals surface area contributed by atoms with E-state index in [9.17, 15) is 9.59 Å². The number of carbonyl (C=O) groups excluding carboxylic acids is 2. The summed E-state index contributed by atoms with van der Waals surface area (Å²) in [6.45, 7) is 10.8. The number of hydrogen-bond donors (Lipinski definition) is 1. The van der Waals surface area contributed by atoms with E-state index in [2.05, 4.69) is 31.3 Å². The largest absolute Gasteiger partial charge is 0.340 e. The van der Waals surface area contributed by atoms with Crippen LogP contribution in [0.3, 0.4) is 0 Å². The molecule has 1 aromatic rings. The number of aryl methyl sites for hydroxylation is 1. The second kappa shape index (κ2) is 9.60. The van der Waals surface area contributed by atoms with Crippen LogP contribution in [0.4, 0.5) is 4.79 Å². The highest BCUT2D eigenvalue weighted by atomic mass is 16.2. The van der Waals surface area contributed by atoms with E-state index < -0.39 is 0 Å². The lowest BCUT2D eigenvalue weighted by molar-refractivity contribution is -0.135. The fourth-order valence-corrected chi connectivity index (χ4v) is 3.44. The second-order valence-corrected chi connectivity index (χ2v) is 7.58. The minimum absolute atomic E-state index is 0.00194. The van der Waals surface area contributed by atoms with Gasteiger partial charge in [-0.25, -0.2) is 4.79 Å². The third kappa shape index (κ3) is 5.48. The summed E-state index contributed by atoms with van der Waals surface area (Å²) in [5.41, 5.74) is 2.38. The normalized spacial score (nSPS) is 17.3. The average Bonchev–Trinajstić information content (AvgIpc) is 2.62. The first-order valence-corrected chi connectivity index (χ1v) is 9.81. The third-order valence-electron chi connectivity index (χ3n) is 4.96. The van der Waals surface area contributed by atoms with Crippen LogP contribution < -0.4 is 5.32 Å². The van der Waals surface area contributed by atoms with Gasteiger partial charge in [-0.05, 0) is 37.3 Å². The van der Waals surface area contributed by atoms with Gasteiger partial charge in [-0.15, -0.1) is 0 Å². The number of urea groups is 1. The molecule has 1 aliphatic heterocycles. The summed E-state index contributed by atoms with van der Waals surface area (Å²) in [6, 6.07) is 8.20. The lowest BCUT2D eigenvalue weighted by Gasteiger charge is -2.35. The lowest BCUT2D eigenvalue weighted by atomic mass is 10.0. The molecule has 0 spiro atoms. The number of benzene rings is 1. The molecule has 5 nitrogen and oxygen atoms in total. The number of amides is 3. The predicted octanol–water partition coefficient (Wildman–Crippen LogP) is 3.56. The van der Waals surface area contributed by atoms with Gasteiger partial charge in [0.15, 0.2) is 0 Å². The molecule has 0 aromatic heterocycles. The standard InChI is InChI=1S/C21H33N3O2/c1-5-12-24(14-18-10-7-6-9-17(18)4)21(26)22-19-11-8-13-23(15-19)20(25)16(2)3/h6-7,9-10,16,19H,5,8,11-15H2,1-4H3,(H,22,26). The molecule has 1 saturated heterocycles. The van der Waals surface area contributed by atoms with Crippen molar-refractivity contribution in [3.05, 3.63) is 35.4 Å². The molecule has 0 saturated carbocycles. The highest BCUT2D eigenvalue weighted by molar-refractivity contribution is 5.78. The molecular formula is C21H33N3O2. The monoisotopic (exact) mass is 359 g/mol. The first-order valence-electron chi connectivity index (χ1n) is 9.81. The highest BCUT2D eigenvalue weighted by Gasteiger charge is 2.27. The topological polar surface area (TPSA) is 52.7 Å². The molecule has 0 aliphatic carbocycles. The van der Waals surface area contributed by atoms with E-state index in [1.807, 2.05) is 35.8 Å². The molecule has 1 N–H and O–H groups in total. The Hall–Kier alpha value is -2.04. The number of carbonyl (C=O) groups is 2. The Morgan fingerprint density at radius 3 is 2.69 bits per heavy atom. The molecule has 1 atom stereocenters. The molecule has 1 unspecified atom stereocenters. The number of hydrogen-bond acceptors (Lipinski definition) is 2. The van der Waals surface area contributed by atoms with Crippen molar-refractivity contribution in [3.8, 4) is 0 Å². The minimum atomic E-state index is -0.0288. The predicted molar refractivity (Wildman–Crippen MR) is 105 cm³/mol. The Morgan fingerprint density at radius 1 is 1.31 bits per heavy atom. The number of nitrogens with one attached hydrogen (secondary N) is 1. The summed E-state index contributed by atoms with van der Waals surface area (Å²) in [5, 5.41) is 3.16. The molecule has 1 aliphatic rings. The Labute approximate surface area is 157 Å². The van der Waals surface area contributed by atoms with Gasteiger partial charge in [0.2, 0.25) is 5.91 Å². The van der Waals surface area contributed by atoms with E-state index in [0.29, 0.717) is 13.1 Å². The van der Waals surface area contributed by atoms with E-state index in [-0.39, 0.29) is 23.9 Å². The van der Waals surface area contributed by atoms with Crippen molar-refractivity contribution < 1.29 is 9.59 Å². The molecule has 5 heteroatoms. The van der Waals surface area contributed by atoms with E-state index in [1.54, 1.807) is 0 Å². The molecule has 144 valence electrons.